The summed E-state index contributed by atoms with van der Waals surface area (Å²) in [5.74, 6) is 0.313. The van der Waals surface area contributed by atoms with E-state index in [4.69, 9.17) is 14.4 Å². The molecule has 0 bridgehead atoms. The van der Waals surface area contributed by atoms with E-state index in [0.29, 0.717) is 11.7 Å². The summed E-state index contributed by atoms with van der Waals surface area (Å²) in [6, 6.07) is 0. The molecule has 0 saturated heterocycles. The molecule has 6 heteroatoms. The molecule has 0 radical (unpaired) electrons. The summed E-state index contributed by atoms with van der Waals surface area (Å²) in [6.07, 6.45) is 3.55. The van der Waals surface area contributed by atoms with Crippen molar-refractivity contribution < 1.29 is 19.2 Å². The molecule has 1 aromatic heterocycles. The Labute approximate surface area is 105 Å². The van der Waals surface area contributed by atoms with Crippen molar-refractivity contribution in [1.29, 1.82) is 0 Å². The molecule has 0 spiro atoms. The zero-order chi connectivity index (χ0) is 13.2. The molecule has 1 aliphatic carbocycles. The number of methoxy groups -OCH3 is 1. The minimum Gasteiger partial charge on any atom is -0.481 e. The van der Waals surface area contributed by atoms with Crippen LogP contribution in [0, 0.1) is 5.92 Å². The van der Waals surface area contributed by atoms with Crippen molar-refractivity contribution in [2.45, 2.75) is 44.6 Å². The molecule has 1 N–H and O–H groups in total. The Bertz CT molecular complexity index is 421. The third-order valence-corrected chi connectivity index (χ3v) is 3.65. The Morgan fingerprint density at radius 3 is 2.78 bits per heavy atom. The molecule has 1 heterocycles. The van der Waals surface area contributed by atoms with Crippen LogP contribution in [0.4, 0.5) is 0 Å². The van der Waals surface area contributed by atoms with Gasteiger partial charge in [-0.05, 0) is 31.6 Å². The second-order valence-corrected chi connectivity index (χ2v) is 4.96. The monoisotopic (exact) mass is 254 g/mol. The number of nitrogens with zero attached hydrogens (tertiary/aromatic N) is 2. The lowest BCUT2D eigenvalue weighted by Gasteiger charge is -2.35. The summed E-state index contributed by atoms with van der Waals surface area (Å²) >= 11 is 0. The van der Waals surface area contributed by atoms with Crippen molar-refractivity contribution >= 4 is 5.97 Å². The van der Waals surface area contributed by atoms with E-state index in [1.807, 2.05) is 0 Å². The van der Waals surface area contributed by atoms with Crippen LogP contribution >= 0.6 is 0 Å². The van der Waals surface area contributed by atoms with Gasteiger partial charge in [0.25, 0.3) is 0 Å². The largest absolute Gasteiger partial charge is 0.481 e. The Morgan fingerprint density at radius 1 is 1.56 bits per heavy atom. The van der Waals surface area contributed by atoms with Gasteiger partial charge >= 0.3 is 5.97 Å². The van der Waals surface area contributed by atoms with Gasteiger partial charge in [-0.2, -0.15) is 4.98 Å². The highest BCUT2D eigenvalue weighted by Crippen LogP contribution is 2.40. The van der Waals surface area contributed by atoms with Crippen LogP contribution in [0.25, 0.3) is 0 Å². The molecule has 6 nitrogen and oxygen atoms in total. The lowest BCUT2D eigenvalue weighted by molar-refractivity contribution is -0.136. The zero-order valence-electron chi connectivity index (χ0n) is 10.7. The summed E-state index contributed by atoms with van der Waals surface area (Å²) in [6.45, 7) is 2.21. The second kappa shape index (κ2) is 5.06. The van der Waals surface area contributed by atoms with Crippen LogP contribution in [0.5, 0.6) is 0 Å². The zero-order valence-corrected chi connectivity index (χ0v) is 10.7. The topological polar surface area (TPSA) is 85.5 Å². The van der Waals surface area contributed by atoms with E-state index in [2.05, 4.69) is 17.1 Å². The average molecular weight is 254 g/mol. The lowest BCUT2D eigenvalue weighted by Crippen LogP contribution is -2.34. The highest BCUT2D eigenvalue weighted by molar-refractivity contribution is 5.68. The third kappa shape index (κ3) is 2.53. The molecule has 1 fully saturated rings. The smallest absolute Gasteiger partial charge is 0.312 e. The van der Waals surface area contributed by atoms with Crippen molar-refractivity contribution in [3.63, 3.8) is 0 Å². The van der Waals surface area contributed by atoms with Crippen LogP contribution in [0.1, 0.15) is 44.3 Å². The Morgan fingerprint density at radius 2 is 2.22 bits per heavy atom. The van der Waals surface area contributed by atoms with E-state index in [-0.39, 0.29) is 12.3 Å². The summed E-state index contributed by atoms with van der Waals surface area (Å²) in [4.78, 5) is 14.7. The molecule has 1 aromatic rings. The molecule has 1 saturated carbocycles. The normalized spacial score (nSPS) is 28.2. The lowest BCUT2D eigenvalue weighted by atomic mass is 9.79. The first-order chi connectivity index (χ1) is 8.55. The second-order valence-electron chi connectivity index (χ2n) is 4.96. The SMILES string of the molecule is COC1(c2noc(CC(=O)O)n2)CCC(C)CC1. The predicted octanol–water partition coefficient (Wildman–Crippen LogP) is 1.75. The molecule has 2 rings (SSSR count). The van der Waals surface area contributed by atoms with Gasteiger partial charge in [0.05, 0.1) is 0 Å². The minimum absolute atomic E-state index is 0.132. The third-order valence-electron chi connectivity index (χ3n) is 3.65. The van der Waals surface area contributed by atoms with Crippen LogP contribution in [0.2, 0.25) is 0 Å². The molecule has 0 unspecified atom stereocenters. The van der Waals surface area contributed by atoms with Crippen molar-refractivity contribution in [2.75, 3.05) is 7.11 Å². The number of ether oxygens (including phenoxy) is 1. The van der Waals surface area contributed by atoms with Crippen molar-refractivity contribution in [3.05, 3.63) is 11.7 Å². The van der Waals surface area contributed by atoms with Gasteiger partial charge in [-0.1, -0.05) is 12.1 Å². The molecule has 0 atom stereocenters. The summed E-state index contributed by atoms with van der Waals surface area (Å²) in [7, 11) is 1.64. The van der Waals surface area contributed by atoms with Gasteiger partial charge in [0, 0.05) is 7.11 Å². The first-order valence-electron chi connectivity index (χ1n) is 6.16. The maximum atomic E-state index is 10.6. The highest BCUT2D eigenvalue weighted by atomic mass is 16.5. The van der Waals surface area contributed by atoms with Crippen molar-refractivity contribution in [1.82, 2.24) is 10.1 Å². The molecule has 100 valence electrons. The summed E-state index contributed by atoms with van der Waals surface area (Å²) < 4.78 is 10.6. The number of hydrogen-bond acceptors (Lipinski definition) is 5. The first-order valence-corrected chi connectivity index (χ1v) is 6.16. The summed E-state index contributed by atoms with van der Waals surface area (Å²) in [5, 5.41) is 12.6. The number of carboxylic acid groups (broad SMARTS) is 1. The fourth-order valence-corrected chi connectivity index (χ4v) is 2.39. The van der Waals surface area contributed by atoms with E-state index in [1.54, 1.807) is 7.11 Å². The standard InChI is InChI=1S/C12H18N2O4/c1-8-3-5-12(17-2,6-4-8)11-13-9(18-14-11)7-10(15)16/h8H,3-7H2,1-2H3,(H,15,16). The van der Waals surface area contributed by atoms with E-state index in [0.717, 1.165) is 25.7 Å². The Balaban J connectivity index is 2.17. The molecule has 18 heavy (non-hydrogen) atoms. The Kier molecular flexibility index (Phi) is 3.65. The number of rotatable bonds is 4. The van der Waals surface area contributed by atoms with Gasteiger partial charge in [-0.25, -0.2) is 0 Å². The van der Waals surface area contributed by atoms with E-state index in [9.17, 15) is 4.79 Å². The predicted molar refractivity (Wildman–Crippen MR) is 62.0 cm³/mol. The van der Waals surface area contributed by atoms with Gasteiger partial charge in [-0.15, -0.1) is 0 Å². The van der Waals surface area contributed by atoms with Crippen LogP contribution in [0.15, 0.2) is 4.52 Å². The van der Waals surface area contributed by atoms with Crippen molar-refractivity contribution in [2.24, 2.45) is 5.92 Å². The fraction of sp³-hybridized carbons (Fsp3) is 0.750. The fourth-order valence-electron chi connectivity index (χ4n) is 2.39. The molecular formula is C12H18N2O4. The molecule has 0 aliphatic heterocycles. The average Bonchev–Trinajstić information content (AvgIpc) is 2.79. The maximum absolute atomic E-state index is 10.6. The molecule has 0 aromatic carbocycles. The highest BCUT2D eigenvalue weighted by Gasteiger charge is 2.40. The quantitative estimate of drug-likeness (QED) is 0.881. The van der Waals surface area contributed by atoms with Crippen LogP contribution in [-0.4, -0.2) is 28.3 Å². The maximum Gasteiger partial charge on any atom is 0.312 e. The number of carboxylic acids is 1. The van der Waals surface area contributed by atoms with Gasteiger partial charge in [0.1, 0.15) is 12.0 Å². The number of hydrogen-bond donors (Lipinski definition) is 1. The molecule has 1 aliphatic rings. The molecular weight excluding hydrogens is 236 g/mol. The number of carbonyl (C=O) groups is 1. The van der Waals surface area contributed by atoms with Crippen molar-refractivity contribution in [3.8, 4) is 0 Å². The van der Waals surface area contributed by atoms with Crippen LogP contribution in [0.3, 0.4) is 0 Å². The van der Waals surface area contributed by atoms with E-state index in [1.165, 1.54) is 0 Å². The van der Waals surface area contributed by atoms with Gasteiger partial charge in [0.15, 0.2) is 0 Å². The molecule has 0 amide bonds. The Hall–Kier alpha value is -1.43. The van der Waals surface area contributed by atoms with Crippen LogP contribution < -0.4 is 0 Å². The van der Waals surface area contributed by atoms with E-state index >= 15 is 0 Å². The first kappa shape index (κ1) is 13.0. The van der Waals surface area contributed by atoms with Crippen LogP contribution in [-0.2, 0) is 21.6 Å². The van der Waals surface area contributed by atoms with Gasteiger partial charge < -0.3 is 14.4 Å². The van der Waals surface area contributed by atoms with Gasteiger partial charge in [-0.3, -0.25) is 4.79 Å². The van der Waals surface area contributed by atoms with E-state index < -0.39 is 11.6 Å². The minimum atomic E-state index is -0.978. The van der Waals surface area contributed by atoms with Gasteiger partial charge in [0.2, 0.25) is 11.7 Å². The number of aliphatic carboxylic acids is 1. The number of aromatic nitrogens is 2. The summed E-state index contributed by atoms with van der Waals surface area (Å²) in [5.41, 5.74) is -0.507.